The average molecular weight is 204 g/mol. The molecule has 0 atom stereocenters. The van der Waals surface area contributed by atoms with Crippen LogP contribution in [0.25, 0.3) is 5.53 Å². The van der Waals surface area contributed by atoms with E-state index < -0.39 is 23.0 Å². The highest BCUT2D eigenvalue weighted by molar-refractivity contribution is 6.48. The molecule has 0 N–H and O–H groups in total. The summed E-state index contributed by atoms with van der Waals surface area (Å²) in [6.45, 7) is 1.57. The molecule has 0 radical (unpaired) electrons. The molecular formula is C9H5FN4O. The lowest BCUT2D eigenvalue weighted by atomic mass is 10.1. The standard InChI is InChI=1S/C9H5FN4O/c1-5-2-3-6(10)8(13-5)9(15)7(4-11)14-12/h2-3H,1H3. The number of hydrogen-bond donors (Lipinski definition) is 0. The van der Waals surface area contributed by atoms with E-state index in [0.29, 0.717) is 5.69 Å². The molecule has 0 unspecified atom stereocenters. The first-order valence-electron chi connectivity index (χ1n) is 3.90. The third-order valence-corrected chi connectivity index (χ3v) is 1.62. The van der Waals surface area contributed by atoms with Gasteiger partial charge in [-0.15, -0.1) is 0 Å². The fourth-order valence-corrected chi connectivity index (χ4v) is 0.930. The van der Waals surface area contributed by atoms with Gasteiger partial charge in [-0.25, -0.2) is 9.37 Å². The summed E-state index contributed by atoms with van der Waals surface area (Å²) in [6, 6.07) is 3.78. The summed E-state index contributed by atoms with van der Waals surface area (Å²) in [5.74, 6) is -1.90. The van der Waals surface area contributed by atoms with E-state index in [0.717, 1.165) is 6.07 Å². The Kier molecular flexibility index (Phi) is 3.01. The number of carbonyl (C=O) groups excluding carboxylic acids is 1. The second-order valence-electron chi connectivity index (χ2n) is 2.67. The largest absolute Gasteiger partial charge is 0.440 e. The van der Waals surface area contributed by atoms with Gasteiger partial charge in [0, 0.05) is 5.69 Å². The van der Waals surface area contributed by atoms with Crippen molar-refractivity contribution in [2.45, 2.75) is 6.92 Å². The Labute approximate surface area is 84.4 Å². The van der Waals surface area contributed by atoms with Crippen molar-refractivity contribution in [2.24, 2.45) is 0 Å². The highest BCUT2D eigenvalue weighted by atomic mass is 19.1. The lowest BCUT2D eigenvalue weighted by Crippen LogP contribution is -2.17. The van der Waals surface area contributed by atoms with E-state index in [4.69, 9.17) is 10.8 Å². The maximum atomic E-state index is 13.1. The molecule has 15 heavy (non-hydrogen) atoms. The Balaban J connectivity index is 3.30. The van der Waals surface area contributed by atoms with Gasteiger partial charge in [0.25, 0.3) is 0 Å². The smallest absolute Gasteiger partial charge is 0.360 e. The van der Waals surface area contributed by atoms with Crippen molar-refractivity contribution in [2.75, 3.05) is 0 Å². The molecule has 1 aromatic rings. The van der Waals surface area contributed by atoms with Gasteiger partial charge in [-0.3, -0.25) is 4.79 Å². The summed E-state index contributed by atoms with van der Waals surface area (Å²) in [7, 11) is 0. The number of aromatic nitrogens is 1. The molecule has 1 rings (SSSR count). The monoisotopic (exact) mass is 204 g/mol. The van der Waals surface area contributed by atoms with Gasteiger partial charge >= 0.3 is 11.5 Å². The number of nitriles is 1. The fourth-order valence-electron chi connectivity index (χ4n) is 0.930. The number of rotatable bonds is 2. The van der Waals surface area contributed by atoms with Crippen molar-refractivity contribution in [3.05, 3.63) is 34.9 Å². The van der Waals surface area contributed by atoms with Gasteiger partial charge in [-0.05, 0) is 19.1 Å². The number of hydrogen-bond acceptors (Lipinski definition) is 3. The van der Waals surface area contributed by atoms with Crippen LogP contribution in [0.3, 0.4) is 0 Å². The van der Waals surface area contributed by atoms with Crippen LogP contribution in [-0.2, 0) is 0 Å². The van der Waals surface area contributed by atoms with Crippen LogP contribution in [0.1, 0.15) is 16.2 Å². The molecule has 0 aliphatic rings. The third-order valence-electron chi connectivity index (χ3n) is 1.62. The molecule has 0 saturated heterocycles. The first kappa shape index (κ1) is 10.7. The first-order chi connectivity index (χ1) is 7.10. The maximum Gasteiger partial charge on any atom is 0.440 e. The molecule has 0 amide bonds. The molecule has 74 valence electrons. The number of aryl methyl sites for hydroxylation is 1. The van der Waals surface area contributed by atoms with E-state index in [2.05, 4.69) is 9.77 Å². The van der Waals surface area contributed by atoms with Gasteiger partial charge in [-0.2, -0.15) is 10.1 Å². The zero-order chi connectivity index (χ0) is 11.4. The Morgan fingerprint density at radius 3 is 2.87 bits per heavy atom. The van der Waals surface area contributed by atoms with Crippen LogP contribution in [0.5, 0.6) is 0 Å². The second kappa shape index (κ2) is 4.22. The molecule has 0 aliphatic heterocycles. The maximum absolute atomic E-state index is 13.1. The highest BCUT2D eigenvalue weighted by Crippen LogP contribution is 2.06. The minimum absolute atomic E-state index is 0.426. The molecule has 6 heteroatoms. The molecule has 0 saturated carbocycles. The van der Waals surface area contributed by atoms with E-state index in [1.165, 1.54) is 12.1 Å². The van der Waals surface area contributed by atoms with Gasteiger partial charge < -0.3 is 5.53 Å². The molecule has 5 nitrogen and oxygen atoms in total. The van der Waals surface area contributed by atoms with Crippen LogP contribution in [0.2, 0.25) is 0 Å². The van der Waals surface area contributed by atoms with Crippen LogP contribution in [-0.4, -0.2) is 21.3 Å². The van der Waals surface area contributed by atoms with Crippen molar-refractivity contribution in [1.82, 2.24) is 4.98 Å². The number of pyridine rings is 1. The van der Waals surface area contributed by atoms with Crippen LogP contribution < -0.4 is 0 Å². The Hall–Kier alpha value is -2.38. The lowest BCUT2D eigenvalue weighted by molar-refractivity contribution is -0.00380. The summed E-state index contributed by atoms with van der Waals surface area (Å²) in [5.41, 5.74) is 7.42. The Morgan fingerprint density at radius 2 is 2.33 bits per heavy atom. The van der Waals surface area contributed by atoms with Crippen molar-refractivity contribution < 1.29 is 14.0 Å². The van der Waals surface area contributed by atoms with Gasteiger partial charge in [0.2, 0.25) is 0 Å². The van der Waals surface area contributed by atoms with Crippen molar-refractivity contribution in [3.8, 4) is 6.07 Å². The minimum Gasteiger partial charge on any atom is -0.360 e. The van der Waals surface area contributed by atoms with E-state index in [9.17, 15) is 9.18 Å². The number of carbonyl (C=O) groups is 1. The van der Waals surface area contributed by atoms with E-state index in [1.54, 1.807) is 6.92 Å². The molecule has 0 aliphatic carbocycles. The molecule has 1 aromatic heterocycles. The van der Waals surface area contributed by atoms with Crippen molar-refractivity contribution >= 4 is 11.5 Å². The normalized spacial score (nSPS) is 8.87. The number of halogens is 1. The number of nitrogens with zero attached hydrogens (tertiary/aromatic N) is 4. The Bertz CT molecular complexity index is 511. The summed E-state index contributed by atoms with van der Waals surface area (Å²) in [6.07, 6.45) is 0. The summed E-state index contributed by atoms with van der Waals surface area (Å²) in [4.78, 5) is 17.4. The molecule has 1 heterocycles. The fraction of sp³-hybridized carbons (Fsp3) is 0.111. The zero-order valence-electron chi connectivity index (χ0n) is 7.73. The molecular weight excluding hydrogens is 199 g/mol. The van der Waals surface area contributed by atoms with Crippen molar-refractivity contribution in [3.63, 3.8) is 0 Å². The predicted molar refractivity (Wildman–Crippen MR) is 47.5 cm³/mol. The molecule has 0 spiro atoms. The van der Waals surface area contributed by atoms with E-state index in [-0.39, 0.29) is 0 Å². The minimum atomic E-state index is -1.04. The van der Waals surface area contributed by atoms with Crippen LogP contribution in [0.15, 0.2) is 12.1 Å². The van der Waals surface area contributed by atoms with Crippen LogP contribution in [0.4, 0.5) is 4.39 Å². The van der Waals surface area contributed by atoms with Gasteiger partial charge in [-0.1, -0.05) is 0 Å². The van der Waals surface area contributed by atoms with Crippen molar-refractivity contribution in [1.29, 1.82) is 5.26 Å². The highest BCUT2D eigenvalue weighted by Gasteiger charge is 2.26. The molecule has 0 bridgehead atoms. The average Bonchev–Trinajstić information content (AvgIpc) is 2.23. The first-order valence-corrected chi connectivity index (χ1v) is 3.90. The topological polar surface area (TPSA) is 90.2 Å². The van der Waals surface area contributed by atoms with E-state index >= 15 is 0 Å². The quantitative estimate of drug-likeness (QED) is 0.310. The molecule has 0 fully saturated rings. The number of Topliss-reactive ketones (excluding diaryl/α,β-unsaturated/α-hetero) is 1. The van der Waals surface area contributed by atoms with Crippen LogP contribution >= 0.6 is 0 Å². The summed E-state index contributed by atoms with van der Waals surface area (Å²) < 4.78 is 13.1. The van der Waals surface area contributed by atoms with E-state index in [1.807, 2.05) is 0 Å². The van der Waals surface area contributed by atoms with Crippen LogP contribution in [0, 0.1) is 24.1 Å². The van der Waals surface area contributed by atoms with Gasteiger partial charge in [0.1, 0.15) is 0 Å². The second-order valence-corrected chi connectivity index (χ2v) is 2.67. The Morgan fingerprint density at radius 1 is 1.67 bits per heavy atom. The zero-order valence-corrected chi connectivity index (χ0v) is 7.73. The summed E-state index contributed by atoms with van der Waals surface area (Å²) in [5, 5.41) is 8.41. The van der Waals surface area contributed by atoms with Gasteiger partial charge in [0.05, 0.1) is 0 Å². The lowest BCUT2D eigenvalue weighted by Gasteiger charge is -1.97. The SMILES string of the molecule is Cc1ccc(F)c(C(=O)C(C#N)=[N+]=[N-])n1. The number of ketones is 1. The van der Waals surface area contributed by atoms with Gasteiger partial charge in [0.15, 0.2) is 17.6 Å². The third kappa shape index (κ3) is 2.10. The molecule has 0 aromatic carbocycles. The summed E-state index contributed by atoms with van der Waals surface area (Å²) >= 11 is 0. The predicted octanol–water partition coefficient (Wildman–Crippen LogP) is 0.906.